The molecule has 1 aromatic carbocycles. The molecule has 0 N–H and O–H groups in total. The van der Waals surface area contributed by atoms with E-state index in [1.807, 2.05) is 0 Å². The molecule has 1 heterocycles. The van der Waals surface area contributed by atoms with Gasteiger partial charge in [-0.15, -0.1) is 23.2 Å². The Morgan fingerprint density at radius 3 is 1.81 bits per heavy atom. The maximum Gasteiger partial charge on any atom is 0.240 e. The van der Waals surface area contributed by atoms with Gasteiger partial charge in [-0.2, -0.15) is 0 Å². The van der Waals surface area contributed by atoms with E-state index in [9.17, 15) is 14.0 Å². The van der Waals surface area contributed by atoms with E-state index in [0.717, 1.165) is 11.0 Å². The molecule has 27 heavy (non-hydrogen) atoms. The van der Waals surface area contributed by atoms with Crippen LogP contribution in [0.5, 0.6) is 0 Å². The van der Waals surface area contributed by atoms with Gasteiger partial charge in [-0.05, 0) is 12.1 Å². The highest BCUT2D eigenvalue weighted by atomic mass is 35.5. The van der Waals surface area contributed by atoms with Gasteiger partial charge in [0.25, 0.3) is 0 Å². The largest absolute Gasteiger partial charge is 0.350 e. The summed E-state index contributed by atoms with van der Waals surface area (Å²) in [4.78, 5) is 23.5. The third-order valence-electron chi connectivity index (χ3n) is 5.62. The quantitative estimate of drug-likeness (QED) is 0.398. The van der Waals surface area contributed by atoms with E-state index in [2.05, 4.69) is 0 Å². The van der Waals surface area contributed by atoms with Gasteiger partial charge in [-0.1, -0.05) is 35.3 Å². The van der Waals surface area contributed by atoms with Crippen molar-refractivity contribution in [2.24, 2.45) is 11.8 Å². The molecule has 0 aromatic heterocycles. The van der Waals surface area contributed by atoms with Crippen LogP contribution in [-0.4, -0.2) is 41.6 Å². The minimum absolute atomic E-state index is 0.137. The number of fused-ring (bicyclic) bond motifs is 5. The first-order valence-corrected chi connectivity index (χ1v) is 9.33. The molecular weight excluding hydrogens is 443 g/mol. The van der Waals surface area contributed by atoms with Crippen LogP contribution in [0.3, 0.4) is 0 Å². The molecule has 2 bridgehead atoms. The molecule has 5 nitrogen and oxygen atoms in total. The van der Waals surface area contributed by atoms with Crippen LogP contribution in [0.25, 0.3) is 0 Å². The van der Waals surface area contributed by atoms with Gasteiger partial charge in [0, 0.05) is 14.2 Å². The molecule has 4 rings (SSSR count). The third kappa shape index (κ3) is 1.81. The number of methoxy groups -OCH3 is 2. The molecule has 4 atom stereocenters. The Kier molecular flexibility index (Phi) is 4.18. The molecule has 0 radical (unpaired) electrons. The lowest BCUT2D eigenvalue weighted by Crippen LogP contribution is -2.60. The summed E-state index contributed by atoms with van der Waals surface area (Å²) in [5.41, 5.74) is -0.200. The van der Waals surface area contributed by atoms with Crippen LogP contribution in [0.2, 0.25) is 0 Å². The van der Waals surface area contributed by atoms with Crippen LogP contribution in [-0.2, 0) is 19.1 Å². The molecule has 2 aliphatic carbocycles. The number of ether oxygens (including phenoxy) is 2. The third-order valence-corrected chi connectivity index (χ3v) is 8.23. The fourth-order valence-electron chi connectivity index (χ4n) is 4.58. The van der Waals surface area contributed by atoms with Gasteiger partial charge in [0.2, 0.25) is 17.6 Å². The van der Waals surface area contributed by atoms with Crippen molar-refractivity contribution < 1.29 is 23.5 Å². The zero-order chi connectivity index (χ0) is 19.9. The first kappa shape index (κ1) is 19.4. The summed E-state index contributed by atoms with van der Waals surface area (Å²) in [6.45, 7) is 0. The summed E-state index contributed by atoms with van der Waals surface area (Å²) in [7, 11) is 2.53. The van der Waals surface area contributed by atoms with E-state index < -0.39 is 45.0 Å². The Morgan fingerprint density at radius 2 is 1.41 bits per heavy atom. The Bertz CT molecular complexity index is 874. The number of carbonyl (C=O) groups is 2. The van der Waals surface area contributed by atoms with Crippen molar-refractivity contribution in [3.8, 4) is 0 Å². The highest BCUT2D eigenvalue weighted by Crippen LogP contribution is 2.75. The SMILES string of the molecule is COC1(OC)[C@@]2(Cl)C(Cl)=C(Cl)[C@@]1(Cl)[C@@H]1C(=O)N(c3ccccc3F)C(=O)[C@H]12. The van der Waals surface area contributed by atoms with Crippen molar-refractivity contribution in [3.63, 3.8) is 0 Å². The van der Waals surface area contributed by atoms with Crippen LogP contribution >= 0.6 is 46.4 Å². The van der Waals surface area contributed by atoms with Crippen molar-refractivity contribution in [2.45, 2.75) is 15.5 Å². The van der Waals surface area contributed by atoms with Gasteiger partial charge < -0.3 is 9.47 Å². The van der Waals surface area contributed by atoms with Gasteiger partial charge in [0.05, 0.1) is 27.6 Å². The predicted octanol–water partition coefficient (Wildman–Crippen LogP) is 3.59. The number of nitrogens with zero attached hydrogens (tertiary/aromatic N) is 1. The Balaban J connectivity index is 1.96. The second-order valence-electron chi connectivity index (χ2n) is 6.49. The van der Waals surface area contributed by atoms with Crippen LogP contribution < -0.4 is 4.90 Å². The second-order valence-corrected chi connectivity index (χ2v) is 8.44. The number of alkyl halides is 2. The molecule has 1 aliphatic heterocycles. The van der Waals surface area contributed by atoms with Crippen molar-refractivity contribution >= 4 is 63.9 Å². The highest BCUT2D eigenvalue weighted by molar-refractivity contribution is 6.54. The van der Waals surface area contributed by atoms with Gasteiger partial charge in [0.1, 0.15) is 15.6 Å². The lowest BCUT2D eigenvalue weighted by molar-refractivity contribution is -0.221. The molecular formula is C17H12Cl4FNO4. The lowest BCUT2D eigenvalue weighted by atomic mass is 9.84. The maximum atomic E-state index is 14.3. The average molecular weight is 455 g/mol. The Hall–Kier alpha value is -0.890. The monoisotopic (exact) mass is 453 g/mol. The molecule has 1 saturated carbocycles. The van der Waals surface area contributed by atoms with Crippen molar-refractivity contribution in [3.05, 3.63) is 40.1 Å². The zero-order valence-electron chi connectivity index (χ0n) is 13.9. The number of para-hydroxylation sites is 1. The number of rotatable bonds is 3. The van der Waals surface area contributed by atoms with E-state index in [1.54, 1.807) is 0 Å². The number of anilines is 1. The first-order chi connectivity index (χ1) is 12.6. The molecule has 2 amide bonds. The molecule has 0 spiro atoms. The molecule has 1 aromatic rings. The summed E-state index contributed by atoms with van der Waals surface area (Å²) in [6.07, 6.45) is 0. The Labute approximate surface area is 173 Å². The lowest BCUT2D eigenvalue weighted by Gasteiger charge is -2.42. The molecule has 10 heteroatoms. The molecule has 2 fully saturated rings. The topological polar surface area (TPSA) is 55.8 Å². The number of halogens is 5. The summed E-state index contributed by atoms with van der Waals surface area (Å²) in [5.74, 6) is -6.62. The number of imide groups is 1. The predicted molar refractivity (Wildman–Crippen MR) is 98.5 cm³/mol. The summed E-state index contributed by atoms with van der Waals surface area (Å²) >= 11 is 26.3. The average Bonchev–Trinajstić information content (AvgIpc) is 3.06. The minimum Gasteiger partial charge on any atom is -0.350 e. The highest BCUT2D eigenvalue weighted by Gasteiger charge is 2.89. The van der Waals surface area contributed by atoms with E-state index >= 15 is 0 Å². The van der Waals surface area contributed by atoms with Gasteiger partial charge in [0.15, 0.2) is 0 Å². The normalized spacial score (nSPS) is 36.8. The number of hydrogen-bond donors (Lipinski definition) is 0. The van der Waals surface area contributed by atoms with Crippen molar-refractivity contribution in [1.29, 1.82) is 0 Å². The first-order valence-electron chi connectivity index (χ1n) is 7.81. The Morgan fingerprint density at radius 1 is 0.963 bits per heavy atom. The van der Waals surface area contributed by atoms with Crippen molar-refractivity contribution in [2.75, 3.05) is 19.1 Å². The fraction of sp³-hybridized carbons (Fsp3) is 0.412. The smallest absolute Gasteiger partial charge is 0.240 e. The van der Waals surface area contributed by atoms with E-state index in [0.29, 0.717) is 0 Å². The number of benzene rings is 1. The second kappa shape index (κ2) is 5.81. The van der Waals surface area contributed by atoms with Gasteiger partial charge in [-0.25, -0.2) is 9.29 Å². The van der Waals surface area contributed by atoms with E-state index in [1.165, 1.54) is 32.4 Å². The van der Waals surface area contributed by atoms with Crippen molar-refractivity contribution in [1.82, 2.24) is 0 Å². The number of carbonyl (C=O) groups excluding carboxylic acids is 2. The zero-order valence-corrected chi connectivity index (χ0v) is 17.0. The standard InChI is InChI=1S/C17H12Cl4FNO4/c1-26-17(27-2)15(20)9-10(16(17,21)12(19)11(15)18)14(25)23(13(9)24)8-6-4-3-5-7(8)22/h3-6,9-10H,1-2H3/t9-,10-,15-,16-/m0/s1. The fourth-order valence-corrected chi connectivity index (χ4v) is 6.74. The van der Waals surface area contributed by atoms with Gasteiger partial charge in [-0.3, -0.25) is 9.59 Å². The van der Waals surface area contributed by atoms with Gasteiger partial charge >= 0.3 is 0 Å². The van der Waals surface area contributed by atoms with Crippen LogP contribution in [0.1, 0.15) is 0 Å². The van der Waals surface area contributed by atoms with Crippen LogP contribution in [0, 0.1) is 17.7 Å². The van der Waals surface area contributed by atoms with Crippen LogP contribution in [0.15, 0.2) is 34.3 Å². The summed E-state index contributed by atoms with van der Waals surface area (Å²) in [6, 6.07) is 5.39. The minimum atomic E-state index is -1.86. The molecule has 3 aliphatic rings. The maximum absolute atomic E-state index is 14.3. The van der Waals surface area contributed by atoms with E-state index in [-0.39, 0.29) is 15.8 Å². The van der Waals surface area contributed by atoms with E-state index in [4.69, 9.17) is 55.9 Å². The van der Waals surface area contributed by atoms with Crippen LogP contribution in [0.4, 0.5) is 10.1 Å². The summed E-state index contributed by atoms with van der Waals surface area (Å²) < 4.78 is 25.3. The number of amides is 2. The summed E-state index contributed by atoms with van der Waals surface area (Å²) in [5, 5.41) is -0.273. The molecule has 144 valence electrons. The number of hydrogen-bond acceptors (Lipinski definition) is 4. The molecule has 1 saturated heterocycles. The molecule has 0 unspecified atom stereocenters.